The summed E-state index contributed by atoms with van der Waals surface area (Å²) in [6.07, 6.45) is 0. The molecule has 1 aromatic carbocycles. The van der Waals surface area contributed by atoms with E-state index in [1.54, 1.807) is 6.07 Å². The van der Waals surface area contributed by atoms with Crippen molar-refractivity contribution in [3.8, 4) is 11.5 Å². The van der Waals surface area contributed by atoms with Gasteiger partial charge in [0, 0.05) is 13.1 Å². The normalized spacial score (nSPS) is 10.1. The SMILES string of the molecule is CCN(CC)c1ccc(Cl)c(O)c1OC. The Morgan fingerprint density at radius 1 is 1.33 bits per heavy atom. The summed E-state index contributed by atoms with van der Waals surface area (Å²) >= 11 is 5.81. The Bertz CT molecular complexity index is 338. The van der Waals surface area contributed by atoms with Crippen LogP contribution in [-0.4, -0.2) is 25.3 Å². The molecule has 0 aliphatic heterocycles. The first-order valence-electron chi connectivity index (χ1n) is 4.96. The van der Waals surface area contributed by atoms with Crippen molar-refractivity contribution in [1.29, 1.82) is 0 Å². The van der Waals surface area contributed by atoms with Crippen LogP contribution in [0.1, 0.15) is 13.8 Å². The quantitative estimate of drug-likeness (QED) is 0.862. The number of methoxy groups -OCH3 is 1. The summed E-state index contributed by atoms with van der Waals surface area (Å²) in [5.74, 6) is 0.440. The Hall–Kier alpha value is -1.09. The molecule has 0 amide bonds. The first kappa shape index (κ1) is 12.0. The molecule has 84 valence electrons. The number of hydrogen-bond acceptors (Lipinski definition) is 3. The number of phenolic OH excluding ortho intramolecular Hbond substituents is 1. The molecule has 0 unspecified atom stereocenters. The van der Waals surface area contributed by atoms with Gasteiger partial charge in [-0.05, 0) is 26.0 Å². The number of halogens is 1. The van der Waals surface area contributed by atoms with Gasteiger partial charge in [0.15, 0.2) is 11.5 Å². The van der Waals surface area contributed by atoms with E-state index in [0.717, 1.165) is 18.8 Å². The maximum Gasteiger partial charge on any atom is 0.185 e. The molecule has 0 aromatic heterocycles. The van der Waals surface area contributed by atoms with Crippen LogP contribution in [0.4, 0.5) is 5.69 Å². The van der Waals surface area contributed by atoms with E-state index in [0.29, 0.717) is 10.8 Å². The van der Waals surface area contributed by atoms with Gasteiger partial charge in [0.2, 0.25) is 0 Å². The number of rotatable bonds is 4. The molecule has 1 rings (SSSR count). The standard InChI is InChI=1S/C11H16ClNO2/c1-4-13(5-2)9-7-6-8(12)10(14)11(9)15-3/h6-7,14H,4-5H2,1-3H3. The zero-order valence-corrected chi connectivity index (χ0v) is 10.0. The van der Waals surface area contributed by atoms with Crippen molar-refractivity contribution in [3.05, 3.63) is 17.2 Å². The molecule has 0 atom stereocenters. The highest BCUT2D eigenvalue weighted by atomic mass is 35.5. The minimum absolute atomic E-state index is 0.00330. The summed E-state index contributed by atoms with van der Waals surface area (Å²) in [7, 11) is 1.53. The second kappa shape index (κ2) is 5.12. The van der Waals surface area contributed by atoms with Gasteiger partial charge < -0.3 is 14.7 Å². The molecule has 0 aliphatic rings. The highest BCUT2D eigenvalue weighted by molar-refractivity contribution is 6.32. The summed E-state index contributed by atoms with van der Waals surface area (Å²) < 4.78 is 5.17. The van der Waals surface area contributed by atoms with E-state index in [4.69, 9.17) is 16.3 Å². The van der Waals surface area contributed by atoms with Gasteiger partial charge in [-0.2, -0.15) is 0 Å². The minimum atomic E-state index is 0.00330. The molecule has 3 nitrogen and oxygen atoms in total. The van der Waals surface area contributed by atoms with Gasteiger partial charge in [0.25, 0.3) is 0 Å². The molecule has 1 N–H and O–H groups in total. The van der Waals surface area contributed by atoms with Crippen molar-refractivity contribution in [2.45, 2.75) is 13.8 Å². The topological polar surface area (TPSA) is 32.7 Å². The van der Waals surface area contributed by atoms with Gasteiger partial charge in [-0.25, -0.2) is 0 Å². The van der Waals surface area contributed by atoms with Crippen LogP contribution in [0.2, 0.25) is 5.02 Å². The van der Waals surface area contributed by atoms with Crippen LogP contribution in [0.5, 0.6) is 11.5 Å². The van der Waals surface area contributed by atoms with Gasteiger partial charge in [-0.3, -0.25) is 0 Å². The molecule has 0 fully saturated rings. The first-order chi connectivity index (χ1) is 7.15. The molecule has 1 aromatic rings. The monoisotopic (exact) mass is 229 g/mol. The summed E-state index contributed by atoms with van der Waals surface area (Å²) in [5.41, 5.74) is 0.865. The van der Waals surface area contributed by atoms with Crippen LogP contribution in [-0.2, 0) is 0 Å². The highest BCUT2D eigenvalue weighted by Crippen LogP contribution is 2.41. The predicted octanol–water partition coefficient (Wildman–Crippen LogP) is 2.90. The maximum absolute atomic E-state index is 9.73. The molecule has 15 heavy (non-hydrogen) atoms. The van der Waals surface area contributed by atoms with Crippen LogP contribution in [0.3, 0.4) is 0 Å². The Balaban J connectivity index is 3.23. The highest BCUT2D eigenvalue weighted by Gasteiger charge is 2.15. The van der Waals surface area contributed by atoms with Gasteiger partial charge in [0.05, 0.1) is 17.8 Å². The van der Waals surface area contributed by atoms with E-state index in [1.807, 2.05) is 6.07 Å². The lowest BCUT2D eigenvalue weighted by Gasteiger charge is -2.23. The molecular weight excluding hydrogens is 214 g/mol. The summed E-state index contributed by atoms with van der Waals surface area (Å²) in [6.45, 7) is 5.81. The fourth-order valence-electron chi connectivity index (χ4n) is 1.55. The molecule has 0 aliphatic carbocycles. The zero-order valence-electron chi connectivity index (χ0n) is 9.25. The second-order valence-corrected chi connectivity index (χ2v) is 3.53. The number of ether oxygens (including phenoxy) is 1. The van der Waals surface area contributed by atoms with Crippen molar-refractivity contribution in [2.75, 3.05) is 25.1 Å². The number of benzene rings is 1. The van der Waals surface area contributed by atoms with E-state index in [-0.39, 0.29) is 5.75 Å². The van der Waals surface area contributed by atoms with E-state index in [9.17, 15) is 5.11 Å². The second-order valence-electron chi connectivity index (χ2n) is 3.12. The van der Waals surface area contributed by atoms with Crippen molar-refractivity contribution in [2.24, 2.45) is 0 Å². The molecule has 4 heteroatoms. The predicted molar refractivity (Wildman–Crippen MR) is 63.2 cm³/mol. The molecule has 0 bridgehead atoms. The van der Waals surface area contributed by atoms with Crippen molar-refractivity contribution < 1.29 is 9.84 Å². The van der Waals surface area contributed by atoms with Gasteiger partial charge in [-0.1, -0.05) is 11.6 Å². The average molecular weight is 230 g/mol. The number of anilines is 1. The van der Waals surface area contributed by atoms with Crippen molar-refractivity contribution in [1.82, 2.24) is 0 Å². The molecule has 0 saturated heterocycles. The summed E-state index contributed by atoms with van der Waals surface area (Å²) in [5, 5.41) is 10.0. The number of hydrogen-bond donors (Lipinski definition) is 1. The van der Waals surface area contributed by atoms with Crippen LogP contribution in [0.25, 0.3) is 0 Å². The largest absolute Gasteiger partial charge is 0.503 e. The van der Waals surface area contributed by atoms with Crippen LogP contribution < -0.4 is 9.64 Å². The number of nitrogens with zero attached hydrogens (tertiary/aromatic N) is 1. The third-order valence-electron chi connectivity index (χ3n) is 2.37. The Labute approximate surface area is 95.2 Å². The maximum atomic E-state index is 9.73. The van der Waals surface area contributed by atoms with E-state index in [1.165, 1.54) is 7.11 Å². The lowest BCUT2D eigenvalue weighted by molar-refractivity contribution is 0.373. The van der Waals surface area contributed by atoms with Gasteiger partial charge >= 0.3 is 0 Å². The van der Waals surface area contributed by atoms with Crippen LogP contribution in [0.15, 0.2) is 12.1 Å². The zero-order chi connectivity index (χ0) is 11.4. The Morgan fingerprint density at radius 2 is 1.93 bits per heavy atom. The van der Waals surface area contributed by atoms with E-state index in [2.05, 4.69) is 18.7 Å². The fraction of sp³-hybridized carbons (Fsp3) is 0.455. The smallest absolute Gasteiger partial charge is 0.185 e. The summed E-state index contributed by atoms with van der Waals surface area (Å²) in [4.78, 5) is 2.09. The summed E-state index contributed by atoms with van der Waals surface area (Å²) in [6, 6.07) is 3.53. The molecule has 0 heterocycles. The lowest BCUT2D eigenvalue weighted by atomic mass is 10.2. The fourth-order valence-corrected chi connectivity index (χ4v) is 1.70. The van der Waals surface area contributed by atoms with Crippen LogP contribution in [0, 0.1) is 0 Å². The van der Waals surface area contributed by atoms with Gasteiger partial charge in [-0.15, -0.1) is 0 Å². The Kier molecular flexibility index (Phi) is 4.09. The van der Waals surface area contributed by atoms with E-state index >= 15 is 0 Å². The molecule has 0 saturated carbocycles. The van der Waals surface area contributed by atoms with E-state index < -0.39 is 0 Å². The Morgan fingerprint density at radius 3 is 2.40 bits per heavy atom. The first-order valence-corrected chi connectivity index (χ1v) is 5.33. The lowest BCUT2D eigenvalue weighted by Crippen LogP contribution is -2.22. The molecular formula is C11H16ClNO2. The average Bonchev–Trinajstić information content (AvgIpc) is 2.25. The number of phenols is 1. The van der Waals surface area contributed by atoms with Crippen molar-refractivity contribution >= 4 is 17.3 Å². The third kappa shape index (κ3) is 2.29. The third-order valence-corrected chi connectivity index (χ3v) is 2.67. The van der Waals surface area contributed by atoms with Gasteiger partial charge in [0.1, 0.15) is 0 Å². The van der Waals surface area contributed by atoms with Crippen molar-refractivity contribution in [3.63, 3.8) is 0 Å². The number of aromatic hydroxyl groups is 1. The molecule has 0 spiro atoms. The molecule has 0 radical (unpaired) electrons. The van der Waals surface area contributed by atoms with Crippen LogP contribution >= 0.6 is 11.6 Å². The minimum Gasteiger partial charge on any atom is -0.503 e.